The van der Waals surface area contributed by atoms with Crippen molar-refractivity contribution in [3.05, 3.63) is 57.0 Å². The van der Waals surface area contributed by atoms with Gasteiger partial charge in [0.15, 0.2) is 5.11 Å². The number of morpholine rings is 1. The Kier molecular flexibility index (Phi) is 6.78. The zero-order valence-corrected chi connectivity index (χ0v) is 17.2. The number of carbonyl (C=O) groups excluding carboxylic acids is 1. The molecule has 0 bridgehead atoms. The van der Waals surface area contributed by atoms with Crippen molar-refractivity contribution >= 4 is 69.4 Å². The van der Waals surface area contributed by atoms with Gasteiger partial charge in [0.2, 0.25) is 0 Å². The number of anilines is 2. The lowest BCUT2D eigenvalue weighted by atomic mass is 10.2. The minimum atomic E-state index is -0.427. The average Bonchev–Trinajstić information content (AvgIpc) is 2.62. The molecule has 0 aliphatic carbocycles. The zero-order chi connectivity index (χ0) is 19.4. The summed E-state index contributed by atoms with van der Waals surface area (Å²) < 4.78 is 5.39. The number of halogens is 3. The summed E-state index contributed by atoms with van der Waals surface area (Å²) in [5, 5.41) is 7.07. The van der Waals surface area contributed by atoms with Crippen LogP contribution in [0.3, 0.4) is 0 Å². The highest BCUT2D eigenvalue weighted by Crippen LogP contribution is 2.30. The van der Waals surface area contributed by atoms with E-state index in [0.29, 0.717) is 28.9 Å². The van der Waals surface area contributed by atoms with Gasteiger partial charge in [0.25, 0.3) is 5.91 Å². The standard InChI is InChI=1S/C18H16Cl3N3O2S/c19-11-1-3-13(14(21)9-11)17(25)23-18(27)22-15-10-12(20)2-4-16(15)24-5-7-26-8-6-24/h1-4,9-10H,5-8H2,(H2,22,23,25,27). The number of ether oxygens (including phenoxy) is 1. The van der Waals surface area contributed by atoms with Crippen LogP contribution in [0, 0.1) is 0 Å². The van der Waals surface area contributed by atoms with Crippen LogP contribution in [-0.4, -0.2) is 37.3 Å². The van der Waals surface area contributed by atoms with Gasteiger partial charge in [0.1, 0.15) is 0 Å². The Morgan fingerprint density at radius 2 is 1.70 bits per heavy atom. The second-order valence-electron chi connectivity index (χ2n) is 5.79. The fourth-order valence-electron chi connectivity index (χ4n) is 2.69. The molecule has 1 aliphatic rings. The number of thiocarbonyl (C=S) groups is 1. The molecule has 1 amide bonds. The summed E-state index contributed by atoms with van der Waals surface area (Å²) >= 11 is 23.4. The molecule has 0 spiro atoms. The predicted molar refractivity (Wildman–Crippen MR) is 115 cm³/mol. The Hall–Kier alpha value is -1.57. The van der Waals surface area contributed by atoms with E-state index >= 15 is 0 Å². The molecule has 0 saturated carbocycles. The summed E-state index contributed by atoms with van der Waals surface area (Å²) in [7, 11) is 0. The van der Waals surface area contributed by atoms with Crippen molar-refractivity contribution in [1.82, 2.24) is 5.32 Å². The van der Waals surface area contributed by atoms with Crippen LogP contribution in [0.5, 0.6) is 0 Å². The van der Waals surface area contributed by atoms with Crippen LogP contribution >= 0.6 is 47.0 Å². The summed E-state index contributed by atoms with van der Waals surface area (Å²) in [5.74, 6) is -0.427. The molecule has 3 rings (SSSR count). The SMILES string of the molecule is O=C(NC(=S)Nc1cc(Cl)ccc1N1CCOCC1)c1ccc(Cl)cc1Cl. The first-order valence-corrected chi connectivity index (χ1v) is 9.68. The van der Waals surface area contributed by atoms with Gasteiger partial charge in [-0.1, -0.05) is 34.8 Å². The van der Waals surface area contributed by atoms with E-state index in [0.717, 1.165) is 18.8 Å². The quantitative estimate of drug-likeness (QED) is 0.677. The van der Waals surface area contributed by atoms with Gasteiger partial charge in [0.05, 0.1) is 35.2 Å². The molecular formula is C18H16Cl3N3O2S. The summed E-state index contributed by atoms with van der Waals surface area (Å²) in [4.78, 5) is 14.6. The largest absolute Gasteiger partial charge is 0.378 e. The van der Waals surface area contributed by atoms with Crippen LogP contribution in [0.25, 0.3) is 0 Å². The monoisotopic (exact) mass is 443 g/mol. The Bertz CT molecular complexity index is 873. The first-order valence-electron chi connectivity index (χ1n) is 8.13. The zero-order valence-electron chi connectivity index (χ0n) is 14.1. The van der Waals surface area contributed by atoms with Crippen molar-refractivity contribution in [2.24, 2.45) is 0 Å². The molecule has 9 heteroatoms. The second-order valence-corrected chi connectivity index (χ2v) is 7.48. The third kappa shape index (κ3) is 5.24. The lowest BCUT2D eigenvalue weighted by Crippen LogP contribution is -2.38. The molecule has 0 radical (unpaired) electrons. The number of carbonyl (C=O) groups is 1. The highest BCUT2D eigenvalue weighted by atomic mass is 35.5. The Labute approximate surface area is 177 Å². The van der Waals surface area contributed by atoms with Crippen molar-refractivity contribution < 1.29 is 9.53 Å². The van der Waals surface area contributed by atoms with E-state index < -0.39 is 5.91 Å². The van der Waals surface area contributed by atoms with Crippen LogP contribution in [0.15, 0.2) is 36.4 Å². The minimum absolute atomic E-state index is 0.141. The number of nitrogens with zero attached hydrogens (tertiary/aromatic N) is 1. The molecule has 1 aliphatic heterocycles. The maximum atomic E-state index is 12.4. The van der Waals surface area contributed by atoms with Gasteiger partial charge in [0, 0.05) is 23.1 Å². The maximum absolute atomic E-state index is 12.4. The van der Waals surface area contributed by atoms with Crippen molar-refractivity contribution in [1.29, 1.82) is 0 Å². The predicted octanol–water partition coefficient (Wildman–Crippen LogP) is 4.61. The van der Waals surface area contributed by atoms with Crippen LogP contribution in [0.4, 0.5) is 11.4 Å². The molecular weight excluding hydrogens is 429 g/mol. The second kappa shape index (κ2) is 9.08. The van der Waals surface area contributed by atoms with Crippen LogP contribution in [0.2, 0.25) is 15.1 Å². The van der Waals surface area contributed by atoms with E-state index in [1.54, 1.807) is 18.2 Å². The molecule has 1 fully saturated rings. The molecule has 0 atom stereocenters. The summed E-state index contributed by atoms with van der Waals surface area (Å²) in [6.45, 7) is 2.82. The molecule has 2 aromatic rings. The van der Waals surface area contributed by atoms with E-state index in [9.17, 15) is 4.79 Å². The fraction of sp³-hybridized carbons (Fsp3) is 0.222. The lowest BCUT2D eigenvalue weighted by molar-refractivity contribution is 0.0978. The highest BCUT2D eigenvalue weighted by molar-refractivity contribution is 7.80. The van der Waals surface area contributed by atoms with E-state index in [1.807, 2.05) is 12.1 Å². The minimum Gasteiger partial charge on any atom is -0.378 e. The van der Waals surface area contributed by atoms with E-state index in [4.69, 9.17) is 51.8 Å². The summed E-state index contributed by atoms with van der Waals surface area (Å²) in [6.07, 6.45) is 0. The van der Waals surface area contributed by atoms with Crippen molar-refractivity contribution in [2.45, 2.75) is 0 Å². The van der Waals surface area contributed by atoms with E-state index in [1.165, 1.54) is 6.07 Å². The topological polar surface area (TPSA) is 53.6 Å². The van der Waals surface area contributed by atoms with Crippen LogP contribution in [-0.2, 0) is 4.74 Å². The van der Waals surface area contributed by atoms with Gasteiger partial charge in [-0.05, 0) is 48.6 Å². The average molecular weight is 445 g/mol. The lowest BCUT2D eigenvalue weighted by Gasteiger charge is -2.30. The van der Waals surface area contributed by atoms with Crippen LogP contribution in [0.1, 0.15) is 10.4 Å². The Morgan fingerprint density at radius 1 is 1.04 bits per heavy atom. The molecule has 142 valence electrons. The van der Waals surface area contributed by atoms with Gasteiger partial charge in [-0.3, -0.25) is 10.1 Å². The highest BCUT2D eigenvalue weighted by Gasteiger charge is 2.17. The molecule has 0 unspecified atom stereocenters. The van der Waals surface area contributed by atoms with E-state index in [-0.39, 0.29) is 15.7 Å². The normalized spacial score (nSPS) is 14.0. The number of nitrogens with one attached hydrogen (secondary N) is 2. The molecule has 27 heavy (non-hydrogen) atoms. The Balaban J connectivity index is 1.73. The summed E-state index contributed by atoms with van der Waals surface area (Å²) in [5.41, 5.74) is 1.92. The van der Waals surface area contributed by atoms with Crippen molar-refractivity contribution in [3.63, 3.8) is 0 Å². The van der Waals surface area contributed by atoms with Crippen molar-refractivity contribution in [3.8, 4) is 0 Å². The van der Waals surface area contributed by atoms with Crippen LogP contribution < -0.4 is 15.5 Å². The third-order valence-electron chi connectivity index (χ3n) is 3.96. The number of amides is 1. The molecule has 2 aromatic carbocycles. The fourth-order valence-corrected chi connectivity index (χ4v) is 3.56. The van der Waals surface area contributed by atoms with E-state index in [2.05, 4.69) is 15.5 Å². The van der Waals surface area contributed by atoms with Gasteiger partial charge < -0.3 is 15.0 Å². The molecule has 0 aromatic heterocycles. The molecule has 2 N–H and O–H groups in total. The number of hydrogen-bond donors (Lipinski definition) is 2. The van der Waals surface area contributed by atoms with Crippen molar-refractivity contribution in [2.75, 3.05) is 36.5 Å². The molecule has 1 saturated heterocycles. The number of benzene rings is 2. The third-order valence-corrected chi connectivity index (χ3v) is 4.95. The molecule has 1 heterocycles. The van der Waals surface area contributed by atoms with Gasteiger partial charge in [-0.25, -0.2) is 0 Å². The van der Waals surface area contributed by atoms with Gasteiger partial charge in [-0.15, -0.1) is 0 Å². The van der Waals surface area contributed by atoms with Gasteiger partial charge >= 0.3 is 0 Å². The smallest absolute Gasteiger partial charge is 0.258 e. The first-order chi connectivity index (χ1) is 12.9. The van der Waals surface area contributed by atoms with Gasteiger partial charge in [-0.2, -0.15) is 0 Å². The maximum Gasteiger partial charge on any atom is 0.258 e. The summed E-state index contributed by atoms with van der Waals surface area (Å²) in [6, 6.07) is 10.1. The molecule has 5 nitrogen and oxygen atoms in total. The number of hydrogen-bond acceptors (Lipinski definition) is 4. The number of rotatable bonds is 3. The first kappa shape index (κ1) is 20.2. The Morgan fingerprint density at radius 3 is 2.41 bits per heavy atom.